The minimum atomic E-state index is -1.36. The zero-order chi connectivity index (χ0) is 23.8. The number of ether oxygens (including phenoxy) is 5. The highest BCUT2D eigenvalue weighted by Gasteiger charge is 2.52. The Morgan fingerprint density at radius 3 is 1.84 bits per heavy atom. The number of esters is 4. The number of rotatable bonds is 7. The number of nitrogens with one attached hydrogen (secondary N) is 1. The molecule has 1 aromatic carbocycles. The molecule has 0 spiro atoms. The lowest BCUT2D eigenvalue weighted by atomic mass is 9.97. The van der Waals surface area contributed by atoms with Crippen molar-refractivity contribution in [3.8, 4) is 0 Å². The summed E-state index contributed by atoms with van der Waals surface area (Å²) in [5, 5.41) is 2.57. The molecule has 0 aromatic heterocycles. The summed E-state index contributed by atoms with van der Waals surface area (Å²) in [6.45, 7) is 4.15. The van der Waals surface area contributed by atoms with Crippen LogP contribution in [0.25, 0.3) is 0 Å². The van der Waals surface area contributed by atoms with Crippen molar-refractivity contribution in [2.24, 2.45) is 0 Å². The molecule has 1 amide bonds. The van der Waals surface area contributed by atoms with Crippen LogP contribution < -0.4 is 5.32 Å². The van der Waals surface area contributed by atoms with E-state index in [2.05, 4.69) is 5.32 Å². The van der Waals surface area contributed by atoms with Gasteiger partial charge in [0.25, 0.3) is 5.91 Å². The third-order valence-corrected chi connectivity index (χ3v) is 4.30. The molecule has 1 fully saturated rings. The fraction of sp³-hybridized carbons (Fsp3) is 0.476. The molecule has 1 aliphatic heterocycles. The highest BCUT2D eigenvalue weighted by atomic mass is 16.7. The molecule has 0 aliphatic carbocycles. The van der Waals surface area contributed by atoms with Crippen LogP contribution in [-0.2, 0) is 42.9 Å². The average molecular weight is 451 g/mol. The fourth-order valence-electron chi connectivity index (χ4n) is 3.15. The molecule has 0 bridgehead atoms. The topological polar surface area (TPSA) is 144 Å². The minimum absolute atomic E-state index is 0.292. The standard InChI is InChI=1S/C21H25NO10/c1-11(23)28-10-16-17(29-12(2)24)18(30-13(3)25)19(31-14(4)26)21(32-16)22-20(27)15-8-6-5-7-9-15/h5-9,16-19,21H,10H2,1-4H3,(H,22,27)/t16-,17-,18+,19+,21-/m1/s1. The zero-order valence-corrected chi connectivity index (χ0v) is 18.1. The van der Waals surface area contributed by atoms with Gasteiger partial charge in [0.15, 0.2) is 24.5 Å². The third-order valence-electron chi connectivity index (χ3n) is 4.30. The summed E-state index contributed by atoms with van der Waals surface area (Å²) in [6, 6.07) is 8.15. The van der Waals surface area contributed by atoms with Gasteiger partial charge in [-0.3, -0.25) is 24.0 Å². The summed E-state index contributed by atoms with van der Waals surface area (Å²) >= 11 is 0. The molecular formula is C21H25NO10. The van der Waals surface area contributed by atoms with Gasteiger partial charge in [-0.2, -0.15) is 0 Å². The van der Waals surface area contributed by atoms with Gasteiger partial charge in [0.2, 0.25) is 0 Å². The Hall–Kier alpha value is -3.47. The number of hydrogen-bond acceptors (Lipinski definition) is 10. The van der Waals surface area contributed by atoms with Gasteiger partial charge in [0.1, 0.15) is 12.7 Å². The number of carbonyl (C=O) groups excluding carboxylic acids is 5. The van der Waals surface area contributed by atoms with E-state index in [1.165, 1.54) is 6.92 Å². The smallest absolute Gasteiger partial charge is 0.303 e. The molecule has 2 rings (SSSR count). The molecule has 11 heteroatoms. The Kier molecular flexibility index (Phi) is 8.71. The van der Waals surface area contributed by atoms with Crippen LogP contribution in [0.1, 0.15) is 38.1 Å². The quantitative estimate of drug-likeness (QED) is 0.460. The van der Waals surface area contributed by atoms with Crippen LogP contribution in [0.15, 0.2) is 30.3 Å². The second kappa shape index (κ2) is 11.2. The molecule has 1 heterocycles. The van der Waals surface area contributed by atoms with Crippen LogP contribution in [0.4, 0.5) is 0 Å². The van der Waals surface area contributed by atoms with Gasteiger partial charge in [0, 0.05) is 33.3 Å². The molecule has 1 aliphatic rings. The largest absolute Gasteiger partial charge is 0.463 e. The van der Waals surface area contributed by atoms with E-state index in [4.69, 9.17) is 23.7 Å². The van der Waals surface area contributed by atoms with Crippen molar-refractivity contribution < 1.29 is 47.7 Å². The van der Waals surface area contributed by atoms with Gasteiger partial charge in [-0.25, -0.2) is 0 Å². The van der Waals surface area contributed by atoms with Gasteiger partial charge in [-0.05, 0) is 12.1 Å². The third kappa shape index (κ3) is 7.05. The minimum Gasteiger partial charge on any atom is -0.463 e. The molecule has 174 valence electrons. The SMILES string of the molecule is CC(=O)OC[C@H]1O[C@@H](NC(=O)c2ccccc2)[C@@H](OC(C)=O)[C@@H](OC(C)=O)[C@@H]1OC(C)=O. The Morgan fingerprint density at radius 2 is 1.31 bits per heavy atom. The predicted molar refractivity (Wildman–Crippen MR) is 106 cm³/mol. The molecule has 1 aromatic rings. The zero-order valence-electron chi connectivity index (χ0n) is 18.1. The first-order valence-corrected chi connectivity index (χ1v) is 9.75. The van der Waals surface area contributed by atoms with E-state index in [1.54, 1.807) is 30.3 Å². The lowest BCUT2D eigenvalue weighted by Crippen LogP contribution is -2.66. The lowest BCUT2D eigenvalue weighted by Gasteiger charge is -2.44. The van der Waals surface area contributed by atoms with E-state index < -0.39 is 60.4 Å². The molecule has 0 radical (unpaired) electrons. The van der Waals surface area contributed by atoms with Crippen LogP contribution in [-0.4, -0.2) is 67.0 Å². The molecular weight excluding hydrogens is 426 g/mol. The maximum atomic E-state index is 12.7. The van der Waals surface area contributed by atoms with Crippen molar-refractivity contribution in [1.82, 2.24) is 5.32 Å². The first kappa shape index (κ1) is 24.8. The van der Waals surface area contributed by atoms with E-state index >= 15 is 0 Å². The molecule has 32 heavy (non-hydrogen) atoms. The summed E-state index contributed by atoms with van der Waals surface area (Å²) in [6.07, 6.45) is -6.45. The molecule has 11 nitrogen and oxygen atoms in total. The Labute approximate surface area is 184 Å². The number of hydrogen-bond donors (Lipinski definition) is 1. The van der Waals surface area contributed by atoms with Gasteiger partial charge in [0.05, 0.1) is 0 Å². The van der Waals surface area contributed by atoms with Gasteiger partial charge in [-0.1, -0.05) is 18.2 Å². The van der Waals surface area contributed by atoms with E-state index in [0.29, 0.717) is 5.56 Å². The van der Waals surface area contributed by atoms with E-state index in [-0.39, 0.29) is 6.61 Å². The highest BCUT2D eigenvalue weighted by Crippen LogP contribution is 2.28. The summed E-state index contributed by atoms with van der Waals surface area (Å²) in [5.74, 6) is -3.45. The van der Waals surface area contributed by atoms with Crippen molar-refractivity contribution in [3.05, 3.63) is 35.9 Å². The molecule has 0 unspecified atom stereocenters. The van der Waals surface area contributed by atoms with E-state index in [1.807, 2.05) is 0 Å². The Balaban J connectivity index is 2.42. The fourth-order valence-corrected chi connectivity index (χ4v) is 3.15. The van der Waals surface area contributed by atoms with E-state index in [0.717, 1.165) is 20.8 Å². The van der Waals surface area contributed by atoms with Crippen molar-refractivity contribution in [3.63, 3.8) is 0 Å². The molecule has 1 N–H and O–H groups in total. The monoisotopic (exact) mass is 451 g/mol. The van der Waals surface area contributed by atoms with Crippen molar-refractivity contribution in [2.75, 3.05) is 6.61 Å². The van der Waals surface area contributed by atoms with E-state index in [9.17, 15) is 24.0 Å². The van der Waals surface area contributed by atoms with Gasteiger partial charge >= 0.3 is 23.9 Å². The molecule has 0 saturated carbocycles. The summed E-state index contributed by atoms with van der Waals surface area (Å²) < 4.78 is 26.7. The summed E-state index contributed by atoms with van der Waals surface area (Å²) in [7, 11) is 0. The summed E-state index contributed by atoms with van der Waals surface area (Å²) in [4.78, 5) is 59.3. The Bertz CT molecular complexity index is 855. The second-order valence-electron chi connectivity index (χ2n) is 6.96. The number of benzene rings is 1. The van der Waals surface area contributed by atoms with Crippen LogP contribution in [0, 0.1) is 0 Å². The molecule has 1 saturated heterocycles. The van der Waals surface area contributed by atoms with Crippen molar-refractivity contribution >= 4 is 29.8 Å². The van der Waals surface area contributed by atoms with Gasteiger partial charge in [-0.15, -0.1) is 0 Å². The maximum absolute atomic E-state index is 12.7. The highest BCUT2D eigenvalue weighted by molar-refractivity contribution is 5.94. The van der Waals surface area contributed by atoms with Crippen LogP contribution in [0.5, 0.6) is 0 Å². The van der Waals surface area contributed by atoms with Crippen LogP contribution in [0.2, 0.25) is 0 Å². The lowest BCUT2D eigenvalue weighted by molar-refractivity contribution is -0.255. The normalized spacial score (nSPS) is 24.6. The first-order chi connectivity index (χ1) is 15.1. The first-order valence-electron chi connectivity index (χ1n) is 9.75. The van der Waals surface area contributed by atoms with Crippen molar-refractivity contribution in [2.45, 2.75) is 58.3 Å². The maximum Gasteiger partial charge on any atom is 0.303 e. The van der Waals surface area contributed by atoms with Crippen LogP contribution >= 0.6 is 0 Å². The summed E-state index contributed by atoms with van der Waals surface area (Å²) in [5.41, 5.74) is 0.292. The average Bonchev–Trinajstić information content (AvgIpc) is 2.70. The van der Waals surface area contributed by atoms with Gasteiger partial charge < -0.3 is 29.0 Å². The number of carbonyl (C=O) groups is 5. The number of amides is 1. The van der Waals surface area contributed by atoms with Crippen LogP contribution in [0.3, 0.4) is 0 Å². The second-order valence-corrected chi connectivity index (χ2v) is 6.96. The van der Waals surface area contributed by atoms with Crippen molar-refractivity contribution in [1.29, 1.82) is 0 Å². The predicted octanol–water partition coefficient (Wildman–Crippen LogP) is 0.499. The molecule has 5 atom stereocenters. The Morgan fingerprint density at radius 1 is 0.781 bits per heavy atom.